The van der Waals surface area contributed by atoms with Crippen LogP contribution in [0.3, 0.4) is 0 Å². The molecule has 0 spiro atoms. The zero-order valence-electron chi connectivity index (χ0n) is 27.6. The Morgan fingerprint density at radius 1 is 0.489 bits per heavy atom. The Balaban J connectivity index is -0.000000259. The zero-order chi connectivity index (χ0) is 35.4. The largest absolute Gasteiger partial charge is 0.480 e. The van der Waals surface area contributed by atoms with Crippen LogP contribution in [0, 0.1) is 0 Å². The molecule has 268 valence electrons. The van der Waals surface area contributed by atoms with Crippen molar-refractivity contribution in [2.45, 2.75) is 0 Å². The molecule has 1 heterocycles. The first kappa shape index (κ1) is 53.7. The van der Waals surface area contributed by atoms with E-state index in [9.17, 15) is 36.0 Å². The number of carboxylic acid groups (broad SMARTS) is 4. The summed E-state index contributed by atoms with van der Waals surface area (Å²) in [4.78, 5) is 49.3. The molecule has 21 heteroatoms. The minimum absolute atomic E-state index is 0. The van der Waals surface area contributed by atoms with E-state index in [0.717, 1.165) is 9.80 Å². The van der Waals surface area contributed by atoms with Gasteiger partial charge in [-0.25, -0.2) is 9.59 Å². The topological polar surface area (TPSA) is 233 Å². The van der Waals surface area contributed by atoms with Crippen LogP contribution in [0.15, 0.2) is 0 Å². The van der Waals surface area contributed by atoms with E-state index >= 15 is 0 Å². The van der Waals surface area contributed by atoms with Crippen LogP contribution in [-0.4, -0.2) is 200 Å². The summed E-state index contributed by atoms with van der Waals surface area (Å²) in [5, 5.41) is 36.4. The number of rotatable bonds is 8. The van der Waals surface area contributed by atoms with E-state index in [2.05, 4.69) is 0 Å². The minimum atomic E-state index is -1.00. The minimum Gasteiger partial charge on any atom is -0.480 e. The molecule has 0 bridgehead atoms. The molecule has 45 heavy (non-hydrogen) atoms. The Kier molecular flexibility index (Phi) is 41.2. The molecule has 0 aliphatic carbocycles. The molecular weight excluding hydrogens is 753 g/mol. The fourth-order valence-electron chi connectivity index (χ4n) is 3.22. The standard InChI is InChI=1S/C16H28N4O8.4C2H6OS.Zr/c21-13(22)9-17-1-2-18(10-14(23)24)5-6-20(12-16(27)28)8-7-19(4-3-17)11-15(25)26;4*1-4(2)3;/h1-12H2,(H,21,22)(H,23,24)(H,25,26)(H,27,28);4*1-2H3;/p+2/i;;;;;1-2. The number of nitrogens with one attached hydrogen (secondary N) is 2. The predicted octanol–water partition coefficient (Wildman–Crippen LogP) is -5.31. The van der Waals surface area contributed by atoms with Gasteiger partial charge in [-0.1, -0.05) is 0 Å². The van der Waals surface area contributed by atoms with Crippen LogP contribution in [0.2, 0.25) is 0 Å². The van der Waals surface area contributed by atoms with E-state index in [0.29, 0.717) is 52.4 Å². The maximum absolute atomic E-state index is 11.1. The van der Waals surface area contributed by atoms with Gasteiger partial charge in [-0.2, -0.15) is 0 Å². The summed E-state index contributed by atoms with van der Waals surface area (Å²) < 4.78 is 38.2. The Hall–Kier alpha value is -0.797. The number of carboxylic acids is 4. The summed E-state index contributed by atoms with van der Waals surface area (Å²) in [6, 6.07) is 0. The fraction of sp³-hybridized carbons (Fsp3) is 0.833. The third-order valence-corrected chi connectivity index (χ3v) is 4.65. The van der Waals surface area contributed by atoms with Gasteiger partial charge in [-0.3, -0.25) is 36.2 Å². The molecule has 6 N–H and O–H groups in total. The van der Waals surface area contributed by atoms with Crippen molar-refractivity contribution in [1.29, 1.82) is 0 Å². The van der Waals surface area contributed by atoms with Crippen LogP contribution in [0.4, 0.5) is 0 Å². The molecule has 1 aliphatic heterocycles. The van der Waals surface area contributed by atoms with Crippen molar-refractivity contribution in [2.24, 2.45) is 0 Å². The van der Waals surface area contributed by atoms with E-state index in [1.54, 1.807) is 59.8 Å². The normalized spacial score (nSPS) is 17.6. The molecule has 0 radical (unpaired) electrons. The van der Waals surface area contributed by atoms with Crippen molar-refractivity contribution in [3.8, 4) is 0 Å². The van der Waals surface area contributed by atoms with Gasteiger partial charge >= 0.3 is 23.9 Å². The molecule has 0 saturated carbocycles. The summed E-state index contributed by atoms with van der Waals surface area (Å²) in [6.07, 6.45) is 13.1. The van der Waals surface area contributed by atoms with E-state index in [1.165, 1.54) is 0 Å². The molecule has 0 unspecified atom stereocenters. The van der Waals surface area contributed by atoms with Gasteiger partial charge in [-0.15, -0.1) is 0 Å². The molecular formula is C24H54N4O12S4Zr+2. The van der Waals surface area contributed by atoms with E-state index in [-0.39, 0.29) is 52.4 Å². The van der Waals surface area contributed by atoms with Crippen LogP contribution >= 0.6 is 0 Å². The van der Waals surface area contributed by atoms with Crippen LogP contribution in [0.1, 0.15) is 0 Å². The second-order valence-corrected chi connectivity index (χ2v) is 15.9. The number of hydrogen-bond acceptors (Lipinski definition) is 10. The van der Waals surface area contributed by atoms with Gasteiger partial charge in [0.25, 0.3) is 0 Å². The van der Waals surface area contributed by atoms with E-state index in [1.807, 2.05) is 0 Å². The first-order valence-electron chi connectivity index (χ1n) is 13.1. The van der Waals surface area contributed by atoms with Gasteiger partial charge in [0.2, 0.25) is 0 Å². The SMILES string of the molecule is CS(C)=O.CS(C)=O.CS(C)=O.CS(C)=O.O=C(O)CN1CC[NH+](CC(=O)O)CCN(CC(=O)O)CC[NH+](CC(=O)O)CC1.[89Zr]. The van der Waals surface area contributed by atoms with Crippen LogP contribution in [0.25, 0.3) is 0 Å². The first-order chi connectivity index (χ1) is 20.1. The zero-order valence-corrected chi connectivity index (χ0v) is 33.3. The number of quaternary nitrogens is 2. The predicted molar refractivity (Wildman–Crippen MR) is 175 cm³/mol. The van der Waals surface area contributed by atoms with Crippen molar-refractivity contribution >= 4 is 67.1 Å². The molecule has 1 fully saturated rings. The third-order valence-electron chi connectivity index (χ3n) is 4.65. The van der Waals surface area contributed by atoms with Crippen LogP contribution in [0.5, 0.6) is 0 Å². The molecule has 1 saturated heterocycles. The molecule has 0 aromatic heterocycles. The second kappa shape index (κ2) is 34.5. The number of nitrogens with zero attached hydrogens (tertiary/aromatic N) is 2. The maximum atomic E-state index is 11.1. The quantitative estimate of drug-likeness (QED) is 0.135. The van der Waals surface area contributed by atoms with Gasteiger partial charge in [0.15, 0.2) is 13.1 Å². The summed E-state index contributed by atoms with van der Waals surface area (Å²) >= 11 is 0. The van der Waals surface area contributed by atoms with Crippen molar-refractivity contribution in [3.63, 3.8) is 0 Å². The Morgan fingerprint density at radius 3 is 0.800 bits per heavy atom. The molecule has 0 atom stereocenters. The van der Waals surface area contributed by atoms with Crippen molar-refractivity contribution in [3.05, 3.63) is 0 Å². The van der Waals surface area contributed by atoms with Gasteiger partial charge in [0, 0.05) is 146 Å². The van der Waals surface area contributed by atoms with Gasteiger partial charge in [0.05, 0.1) is 39.3 Å². The Morgan fingerprint density at radius 2 is 0.667 bits per heavy atom. The van der Waals surface area contributed by atoms with Crippen molar-refractivity contribution in [2.75, 3.05) is 129 Å². The smallest absolute Gasteiger partial charge is 0.359 e. The second-order valence-electron chi connectivity index (χ2n) is 9.95. The average molecular weight is 808 g/mol. The summed E-state index contributed by atoms with van der Waals surface area (Å²) in [6.45, 7) is 2.33. The van der Waals surface area contributed by atoms with Gasteiger partial charge < -0.3 is 30.2 Å². The number of aliphatic carboxylic acids is 4. The molecule has 0 aromatic carbocycles. The van der Waals surface area contributed by atoms with Crippen molar-refractivity contribution < 1.29 is 92.4 Å². The maximum Gasteiger partial charge on any atom is 0.359 e. The fourth-order valence-corrected chi connectivity index (χ4v) is 3.22. The summed E-state index contributed by atoms with van der Waals surface area (Å²) in [7, 11) is -2.44. The van der Waals surface area contributed by atoms with Gasteiger partial charge in [0.1, 0.15) is 0 Å². The summed E-state index contributed by atoms with van der Waals surface area (Å²) in [5.74, 6) is -3.96. The molecule has 1 rings (SSSR count). The van der Waals surface area contributed by atoms with Crippen LogP contribution < -0.4 is 9.80 Å². The molecule has 0 aromatic rings. The average Bonchev–Trinajstić information content (AvgIpc) is 2.78. The first-order valence-corrected chi connectivity index (χ1v) is 20.9. The van der Waals surface area contributed by atoms with E-state index in [4.69, 9.17) is 20.4 Å². The number of carbonyl (C=O) groups is 4. The molecule has 0 amide bonds. The Labute approximate surface area is 296 Å². The van der Waals surface area contributed by atoms with Crippen LogP contribution in [-0.2, 0) is 88.6 Å². The monoisotopic (exact) mass is 807 g/mol. The number of hydrogen-bond donors (Lipinski definition) is 6. The van der Waals surface area contributed by atoms with E-state index < -0.39 is 67.1 Å². The molecule has 1 aliphatic rings. The summed E-state index contributed by atoms with van der Waals surface area (Å²) in [5.41, 5.74) is 0. The van der Waals surface area contributed by atoms with Gasteiger partial charge in [-0.05, 0) is 0 Å². The molecule has 16 nitrogen and oxygen atoms in total. The third kappa shape index (κ3) is 59.2. The van der Waals surface area contributed by atoms with Crippen molar-refractivity contribution in [1.82, 2.24) is 9.80 Å². The Bertz CT molecular complexity index is 759.